The predicted molar refractivity (Wildman–Crippen MR) is 120 cm³/mol. The van der Waals surface area contributed by atoms with E-state index in [1.54, 1.807) is 22.9 Å². The van der Waals surface area contributed by atoms with Crippen LogP contribution in [0.4, 0.5) is 0 Å². The van der Waals surface area contributed by atoms with Crippen LogP contribution in [0.5, 0.6) is 0 Å². The third kappa shape index (κ3) is 3.66. The van der Waals surface area contributed by atoms with E-state index in [0.717, 1.165) is 29.7 Å². The molecule has 5 rings (SSSR count). The highest BCUT2D eigenvalue weighted by Crippen LogP contribution is 2.31. The number of ketones is 1. The molecule has 1 aliphatic rings. The van der Waals surface area contributed by atoms with Crippen LogP contribution in [-0.4, -0.2) is 38.8 Å². The van der Waals surface area contributed by atoms with Crippen molar-refractivity contribution in [3.63, 3.8) is 0 Å². The molecule has 1 atom stereocenters. The fourth-order valence-electron chi connectivity index (χ4n) is 3.64. The zero-order chi connectivity index (χ0) is 20.5. The number of fused-ring (bicyclic) bond motifs is 3. The van der Waals surface area contributed by atoms with E-state index in [9.17, 15) is 9.59 Å². The number of thiophene rings is 1. The molecule has 6 nitrogen and oxygen atoms in total. The van der Waals surface area contributed by atoms with Crippen LogP contribution in [0.1, 0.15) is 23.2 Å². The number of Topliss-reactive ketones (excluding diaryl/α,β-unsaturated/α-hetero) is 1. The molecule has 0 saturated carbocycles. The van der Waals surface area contributed by atoms with E-state index in [2.05, 4.69) is 4.98 Å². The molecule has 0 bridgehead atoms. The van der Waals surface area contributed by atoms with Crippen LogP contribution in [0.3, 0.4) is 0 Å². The zero-order valence-corrected chi connectivity index (χ0v) is 17.7. The van der Waals surface area contributed by atoms with Gasteiger partial charge in [-0.05, 0) is 25.0 Å². The lowest BCUT2D eigenvalue weighted by atomic mass is 10.2. The molecule has 1 fully saturated rings. The Balaban J connectivity index is 1.55. The van der Waals surface area contributed by atoms with Gasteiger partial charge in [0.2, 0.25) is 0 Å². The Morgan fingerprint density at radius 2 is 2.10 bits per heavy atom. The van der Waals surface area contributed by atoms with Gasteiger partial charge in [0, 0.05) is 23.8 Å². The first-order valence-electron chi connectivity index (χ1n) is 9.81. The summed E-state index contributed by atoms with van der Waals surface area (Å²) in [5, 5.41) is 1.42. The maximum Gasteiger partial charge on any atom is 0.272 e. The second-order valence-corrected chi connectivity index (χ2v) is 9.10. The minimum atomic E-state index is -0.0897. The van der Waals surface area contributed by atoms with Crippen LogP contribution < -0.4 is 5.56 Å². The highest BCUT2D eigenvalue weighted by molar-refractivity contribution is 7.99. The number of hydrogen-bond acceptors (Lipinski definition) is 7. The molecule has 1 aromatic carbocycles. The van der Waals surface area contributed by atoms with Gasteiger partial charge in [-0.15, -0.1) is 11.3 Å². The highest BCUT2D eigenvalue weighted by atomic mass is 32.2. The maximum absolute atomic E-state index is 13.4. The number of benzene rings is 1. The molecule has 1 saturated heterocycles. The fraction of sp³-hybridized carbons (Fsp3) is 0.273. The molecule has 30 heavy (non-hydrogen) atoms. The van der Waals surface area contributed by atoms with Gasteiger partial charge in [0.05, 0.1) is 23.9 Å². The Hall–Kier alpha value is -2.55. The number of rotatable bonds is 6. The highest BCUT2D eigenvalue weighted by Gasteiger charge is 2.22. The quantitative estimate of drug-likeness (QED) is 0.256. The van der Waals surface area contributed by atoms with Gasteiger partial charge in [-0.25, -0.2) is 9.97 Å². The van der Waals surface area contributed by atoms with E-state index in [0.29, 0.717) is 27.5 Å². The van der Waals surface area contributed by atoms with Crippen molar-refractivity contribution in [1.82, 2.24) is 14.5 Å². The Labute approximate surface area is 180 Å². The maximum atomic E-state index is 13.4. The third-order valence-electron chi connectivity index (χ3n) is 5.16. The van der Waals surface area contributed by atoms with Crippen molar-refractivity contribution in [2.45, 2.75) is 30.6 Å². The van der Waals surface area contributed by atoms with Gasteiger partial charge in [-0.1, -0.05) is 42.1 Å². The average Bonchev–Trinajstić information content (AvgIpc) is 3.43. The van der Waals surface area contributed by atoms with Crippen LogP contribution in [0.25, 0.3) is 20.4 Å². The monoisotopic (exact) mass is 437 g/mol. The first-order valence-corrected chi connectivity index (χ1v) is 11.6. The molecular formula is C22H19N3O3S2. The summed E-state index contributed by atoms with van der Waals surface area (Å²) in [6.45, 7) is 1.17. The summed E-state index contributed by atoms with van der Waals surface area (Å²) >= 11 is 2.67. The Bertz CT molecular complexity index is 1280. The lowest BCUT2D eigenvalue weighted by Gasteiger charge is -2.15. The summed E-state index contributed by atoms with van der Waals surface area (Å²) in [5.41, 5.74) is 1.23. The summed E-state index contributed by atoms with van der Waals surface area (Å²) in [4.78, 5) is 36.0. The molecule has 0 aliphatic carbocycles. The molecule has 0 radical (unpaired) electrons. The summed E-state index contributed by atoms with van der Waals surface area (Å²) in [7, 11) is 0. The fourth-order valence-corrected chi connectivity index (χ4v) is 5.57. The van der Waals surface area contributed by atoms with Gasteiger partial charge >= 0.3 is 0 Å². The number of nitrogens with zero attached hydrogens (tertiary/aromatic N) is 3. The molecule has 0 amide bonds. The van der Waals surface area contributed by atoms with Gasteiger partial charge in [0.15, 0.2) is 10.9 Å². The minimum Gasteiger partial charge on any atom is -0.376 e. The van der Waals surface area contributed by atoms with Crippen molar-refractivity contribution < 1.29 is 9.53 Å². The van der Waals surface area contributed by atoms with E-state index in [4.69, 9.17) is 9.72 Å². The summed E-state index contributed by atoms with van der Waals surface area (Å²) in [5.74, 6) is 0.226. The average molecular weight is 438 g/mol. The van der Waals surface area contributed by atoms with E-state index in [-0.39, 0.29) is 23.2 Å². The van der Waals surface area contributed by atoms with E-state index in [1.165, 1.54) is 23.1 Å². The van der Waals surface area contributed by atoms with Crippen molar-refractivity contribution in [2.24, 2.45) is 0 Å². The first-order chi connectivity index (χ1) is 14.7. The third-order valence-corrected chi connectivity index (χ3v) is 7.22. The summed E-state index contributed by atoms with van der Waals surface area (Å²) < 4.78 is 8.03. The molecule has 4 aromatic rings. The summed E-state index contributed by atoms with van der Waals surface area (Å²) in [6, 6.07) is 13.0. The molecule has 4 heterocycles. The Morgan fingerprint density at radius 1 is 1.23 bits per heavy atom. The normalized spacial score (nSPS) is 16.5. The number of hydrogen-bond donors (Lipinski definition) is 0. The van der Waals surface area contributed by atoms with Gasteiger partial charge in [0.25, 0.3) is 5.56 Å². The van der Waals surface area contributed by atoms with Gasteiger partial charge in [0.1, 0.15) is 9.53 Å². The standard InChI is InChI=1S/C22H19N3O3S2/c26-17(14-6-2-1-3-7-14)13-29-22-24-18-16-9-4-10-23-20(16)30-19(18)21(27)25(22)12-15-8-5-11-28-15/h1-4,6-7,9-10,15H,5,8,11-13H2. The van der Waals surface area contributed by atoms with E-state index in [1.807, 2.05) is 30.3 Å². The van der Waals surface area contributed by atoms with Crippen molar-refractivity contribution in [3.05, 3.63) is 64.6 Å². The topological polar surface area (TPSA) is 74.1 Å². The van der Waals surface area contributed by atoms with Crippen LogP contribution >= 0.6 is 23.1 Å². The molecule has 0 N–H and O–H groups in total. The van der Waals surface area contributed by atoms with Crippen molar-refractivity contribution in [1.29, 1.82) is 0 Å². The lowest BCUT2D eigenvalue weighted by molar-refractivity contribution is 0.0938. The molecule has 0 spiro atoms. The Kier molecular flexibility index (Phi) is 5.37. The van der Waals surface area contributed by atoms with Gasteiger partial charge < -0.3 is 4.74 Å². The van der Waals surface area contributed by atoms with Crippen LogP contribution in [0.15, 0.2) is 58.6 Å². The van der Waals surface area contributed by atoms with Crippen LogP contribution in [0, 0.1) is 0 Å². The molecule has 1 aliphatic heterocycles. The number of aromatic nitrogens is 3. The molecular weight excluding hydrogens is 418 g/mol. The first kappa shape index (κ1) is 19.4. The zero-order valence-electron chi connectivity index (χ0n) is 16.1. The number of carbonyl (C=O) groups excluding carboxylic acids is 1. The minimum absolute atomic E-state index is 0.00127. The molecule has 3 aromatic heterocycles. The number of pyridine rings is 1. The van der Waals surface area contributed by atoms with Crippen molar-refractivity contribution >= 4 is 49.3 Å². The van der Waals surface area contributed by atoms with E-state index < -0.39 is 0 Å². The van der Waals surface area contributed by atoms with Crippen molar-refractivity contribution in [3.8, 4) is 0 Å². The lowest BCUT2D eigenvalue weighted by Crippen LogP contribution is -2.28. The second-order valence-electron chi connectivity index (χ2n) is 7.16. The van der Waals surface area contributed by atoms with Gasteiger partial charge in [-0.3, -0.25) is 14.2 Å². The summed E-state index contributed by atoms with van der Waals surface area (Å²) in [6.07, 6.45) is 3.64. The number of thioether (sulfide) groups is 1. The van der Waals surface area contributed by atoms with Gasteiger partial charge in [-0.2, -0.15) is 0 Å². The molecule has 1 unspecified atom stereocenters. The number of ether oxygens (including phenoxy) is 1. The second kappa shape index (κ2) is 8.29. The van der Waals surface area contributed by atoms with E-state index >= 15 is 0 Å². The smallest absolute Gasteiger partial charge is 0.272 e. The van der Waals surface area contributed by atoms with Crippen LogP contribution in [0.2, 0.25) is 0 Å². The van der Waals surface area contributed by atoms with Crippen LogP contribution in [-0.2, 0) is 11.3 Å². The van der Waals surface area contributed by atoms with Crippen molar-refractivity contribution in [2.75, 3.05) is 12.4 Å². The SMILES string of the molecule is O=C(CSc1nc2c(sc3ncccc32)c(=O)n1CC1CCCO1)c1ccccc1. The Morgan fingerprint density at radius 3 is 2.90 bits per heavy atom. The largest absolute Gasteiger partial charge is 0.376 e. The number of carbonyl (C=O) groups is 1. The molecule has 152 valence electrons. The predicted octanol–water partition coefficient (Wildman–Crippen LogP) is 4.16. The molecule has 8 heteroatoms.